The van der Waals surface area contributed by atoms with Gasteiger partial charge in [0.2, 0.25) is 0 Å². The highest BCUT2D eigenvalue weighted by Crippen LogP contribution is 2.13. The third kappa shape index (κ3) is 3.78. The Labute approximate surface area is 98.7 Å². The van der Waals surface area contributed by atoms with Gasteiger partial charge in [0, 0.05) is 18.7 Å². The van der Waals surface area contributed by atoms with Crippen molar-refractivity contribution in [2.75, 3.05) is 13.6 Å². The summed E-state index contributed by atoms with van der Waals surface area (Å²) in [5, 5.41) is 8.73. The fourth-order valence-electron chi connectivity index (χ4n) is 1.57. The molecule has 0 bridgehead atoms. The third-order valence-corrected chi connectivity index (χ3v) is 2.48. The maximum Gasteiger partial charge on any atom is 0.307 e. The van der Waals surface area contributed by atoms with Crippen molar-refractivity contribution in [3.8, 4) is 0 Å². The summed E-state index contributed by atoms with van der Waals surface area (Å²) in [6, 6.07) is 3.97. The summed E-state index contributed by atoms with van der Waals surface area (Å²) in [5.74, 6) is -3.21. The van der Waals surface area contributed by atoms with E-state index in [-0.39, 0.29) is 18.7 Å². The molecular formula is C12H15F2NO2. The van der Waals surface area contributed by atoms with E-state index in [4.69, 9.17) is 5.11 Å². The Morgan fingerprint density at radius 3 is 2.71 bits per heavy atom. The highest BCUT2D eigenvalue weighted by Gasteiger charge is 2.15. The average molecular weight is 243 g/mol. The summed E-state index contributed by atoms with van der Waals surface area (Å²) in [7, 11) is 1.67. The Kier molecular flexibility index (Phi) is 4.57. The lowest BCUT2D eigenvalue weighted by Gasteiger charge is -2.19. The molecule has 0 spiro atoms. The number of carbonyl (C=O) groups is 1. The van der Waals surface area contributed by atoms with E-state index in [1.54, 1.807) is 18.9 Å². The van der Waals surface area contributed by atoms with Crippen molar-refractivity contribution in [1.29, 1.82) is 0 Å². The SMILES string of the molecule is CC(CN(C)Cc1cccc(F)c1F)C(=O)O. The Balaban J connectivity index is 2.65. The van der Waals surface area contributed by atoms with Crippen LogP contribution in [0.4, 0.5) is 8.78 Å². The first-order valence-corrected chi connectivity index (χ1v) is 5.26. The molecule has 0 fully saturated rings. The van der Waals surface area contributed by atoms with Gasteiger partial charge in [-0.25, -0.2) is 8.78 Å². The maximum absolute atomic E-state index is 13.3. The lowest BCUT2D eigenvalue weighted by Crippen LogP contribution is -2.28. The molecule has 0 radical (unpaired) electrons. The molecule has 1 atom stereocenters. The molecule has 0 saturated carbocycles. The summed E-state index contributed by atoms with van der Waals surface area (Å²) in [5.41, 5.74) is 0.227. The first kappa shape index (κ1) is 13.6. The van der Waals surface area contributed by atoms with Crippen LogP contribution in [0.2, 0.25) is 0 Å². The monoisotopic (exact) mass is 243 g/mol. The summed E-state index contributed by atoms with van der Waals surface area (Å²) >= 11 is 0. The van der Waals surface area contributed by atoms with Crippen LogP contribution in [0.15, 0.2) is 18.2 Å². The molecule has 0 heterocycles. The van der Waals surface area contributed by atoms with Gasteiger partial charge < -0.3 is 10.0 Å². The summed E-state index contributed by atoms with van der Waals surface area (Å²) in [4.78, 5) is 12.3. The minimum absolute atomic E-state index is 0.182. The first-order chi connectivity index (χ1) is 7.91. The highest BCUT2D eigenvalue weighted by atomic mass is 19.2. The number of rotatable bonds is 5. The largest absolute Gasteiger partial charge is 0.481 e. The molecule has 94 valence electrons. The number of benzene rings is 1. The van der Waals surface area contributed by atoms with Crippen LogP contribution in [0.25, 0.3) is 0 Å². The fraction of sp³-hybridized carbons (Fsp3) is 0.417. The molecule has 1 unspecified atom stereocenters. The van der Waals surface area contributed by atoms with Crippen molar-refractivity contribution < 1.29 is 18.7 Å². The minimum atomic E-state index is -0.906. The van der Waals surface area contributed by atoms with E-state index in [9.17, 15) is 13.6 Å². The smallest absolute Gasteiger partial charge is 0.307 e. The van der Waals surface area contributed by atoms with E-state index in [1.165, 1.54) is 12.1 Å². The zero-order valence-electron chi connectivity index (χ0n) is 9.78. The number of aliphatic carboxylic acids is 1. The van der Waals surface area contributed by atoms with Crippen LogP contribution in [-0.2, 0) is 11.3 Å². The van der Waals surface area contributed by atoms with Crippen LogP contribution >= 0.6 is 0 Å². The number of hydrogen-bond donors (Lipinski definition) is 1. The molecule has 0 aliphatic rings. The lowest BCUT2D eigenvalue weighted by atomic mass is 10.1. The Morgan fingerprint density at radius 1 is 1.47 bits per heavy atom. The van der Waals surface area contributed by atoms with E-state index < -0.39 is 23.5 Å². The second-order valence-corrected chi connectivity index (χ2v) is 4.15. The highest BCUT2D eigenvalue weighted by molar-refractivity contribution is 5.69. The van der Waals surface area contributed by atoms with Crippen LogP contribution in [0, 0.1) is 17.6 Å². The van der Waals surface area contributed by atoms with Gasteiger partial charge in [-0.2, -0.15) is 0 Å². The van der Waals surface area contributed by atoms with Crippen LogP contribution in [-0.4, -0.2) is 29.6 Å². The molecule has 0 saturated heterocycles. The van der Waals surface area contributed by atoms with Crippen LogP contribution in [0.1, 0.15) is 12.5 Å². The number of carboxylic acid groups (broad SMARTS) is 1. The quantitative estimate of drug-likeness (QED) is 0.861. The molecule has 1 N–H and O–H groups in total. The van der Waals surface area contributed by atoms with E-state index in [1.807, 2.05) is 0 Å². The van der Waals surface area contributed by atoms with Crippen LogP contribution < -0.4 is 0 Å². The Morgan fingerprint density at radius 2 is 2.12 bits per heavy atom. The van der Waals surface area contributed by atoms with Crippen molar-refractivity contribution in [1.82, 2.24) is 4.90 Å². The number of hydrogen-bond acceptors (Lipinski definition) is 2. The molecule has 0 aliphatic carbocycles. The Hall–Kier alpha value is -1.49. The standard InChI is InChI=1S/C12H15F2NO2/c1-8(12(16)17)6-15(2)7-9-4-3-5-10(13)11(9)14/h3-5,8H,6-7H2,1-2H3,(H,16,17). The Bertz CT molecular complexity index is 409. The lowest BCUT2D eigenvalue weighted by molar-refractivity contribution is -0.141. The van der Waals surface area contributed by atoms with Crippen LogP contribution in [0.3, 0.4) is 0 Å². The van der Waals surface area contributed by atoms with Crippen molar-refractivity contribution in [3.63, 3.8) is 0 Å². The minimum Gasteiger partial charge on any atom is -0.481 e. The first-order valence-electron chi connectivity index (χ1n) is 5.26. The normalized spacial score (nSPS) is 12.8. The third-order valence-electron chi connectivity index (χ3n) is 2.48. The van der Waals surface area contributed by atoms with Gasteiger partial charge in [-0.15, -0.1) is 0 Å². The van der Waals surface area contributed by atoms with Gasteiger partial charge in [0.1, 0.15) is 0 Å². The molecule has 0 aliphatic heterocycles. The second-order valence-electron chi connectivity index (χ2n) is 4.15. The van der Waals surface area contributed by atoms with E-state index in [0.717, 1.165) is 6.07 Å². The van der Waals surface area contributed by atoms with Crippen molar-refractivity contribution in [2.45, 2.75) is 13.5 Å². The molecule has 1 rings (SSSR count). The fourth-order valence-corrected chi connectivity index (χ4v) is 1.57. The predicted octanol–water partition coefficient (Wildman–Crippen LogP) is 2.12. The zero-order chi connectivity index (χ0) is 13.0. The molecule has 5 heteroatoms. The van der Waals surface area contributed by atoms with Crippen molar-refractivity contribution in [2.24, 2.45) is 5.92 Å². The topological polar surface area (TPSA) is 40.5 Å². The molecule has 0 amide bonds. The van der Waals surface area contributed by atoms with Gasteiger partial charge >= 0.3 is 5.97 Å². The molecular weight excluding hydrogens is 228 g/mol. The van der Waals surface area contributed by atoms with Crippen molar-refractivity contribution >= 4 is 5.97 Å². The van der Waals surface area contributed by atoms with E-state index in [2.05, 4.69) is 0 Å². The maximum atomic E-state index is 13.3. The molecule has 1 aromatic rings. The molecule has 17 heavy (non-hydrogen) atoms. The van der Waals surface area contributed by atoms with E-state index in [0.29, 0.717) is 0 Å². The number of nitrogens with zero attached hydrogens (tertiary/aromatic N) is 1. The molecule has 0 aromatic heterocycles. The number of carboxylic acids is 1. The summed E-state index contributed by atoms with van der Waals surface area (Å²) in [6.07, 6.45) is 0. The average Bonchev–Trinajstić information content (AvgIpc) is 2.24. The van der Waals surface area contributed by atoms with Gasteiger partial charge in [0.15, 0.2) is 11.6 Å². The molecule has 3 nitrogen and oxygen atoms in total. The van der Waals surface area contributed by atoms with Crippen LogP contribution in [0.5, 0.6) is 0 Å². The van der Waals surface area contributed by atoms with Gasteiger partial charge in [0.25, 0.3) is 0 Å². The summed E-state index contributed by atoms with van der Waals surface area (Å²) < 4.78 is 26.3. The number of halogens is 2. The second kappa shape index (κ2) is 5.72. The van der Waals surface area contributed by atoms with Gasteiger partial charge in [-0.1, -0.05) is 19.1 Å². The van der Waals surface area contributed by atoms with Crippen molar-refractivity contribution in [3.05, 3.63) is 35.4 Å². The van der Waals surface area contributed by atoms with Gasteiger partial charge in [-0.3, -0.25) is 4.79 Å². The predicted molar refractivity (Wildman–Crippen MR) is 59.5 cm³/mol. The van der Waals surface area contributed by atoms with Gasteiger partial charge in [-0.05, 0) is 13.1 Å². The van der Waals surface area contributed by atoms with Gasteiger partial charge in [0.05, 0.1) is 5.92 Å². The van der Waals surface area contributed by atoms with E-state index >= 15 is 0 Å². The molecule has 1 aromatic carbocycles. The summed E-state index contributed by atoms with van der Waals surface area (Å²) in [6.45, 7) is 2.03. The zero-order valence-corrected chi connectivity index (χ0v) is 9.78.